The molecule has 0 aromatic heterocycles. The van der Waals surface area contributed by atoms with E-state index in [1.54, 1.807) is 0 Å². The van der Waals surface area contributed by atoms with Crippen molar-refractivity contribution in [1.29, 1.82) is 0 Å². The zero-order chi connectivity index (χ0) is 13.8. The van der Waals surface area contributed by atoms with E-state index in [1.807, 2.05) is 25.8 Å². The van der Waals surface area contributed by atoms with Crippen molar-refractivity contribution in [2.75, 3.05) is 31.6 Å². The fraction of sp³-hybridized carbons (Fsp3) is 0.533. The second kappa shape index (κ2) is 6.17. The molecule has 0 aliphatic carbocycles. The normalized spacial score (nSPS) is 19.8. The average Bonchev–Trinajstić information content (AvgIpc) is 2.41. The Morgan fingerprint density at radius 2 is 2.21 bits per heavy atom. The van der Waals surface area contributed by atoms with Crippen molar-refractivity contribution < 1.29 is 9.53 Å². The summed E-state index contributed by atoms with van der Waals surface area (Å²) in [5, 5.41) is 3.12. The van der Waals surface area contributed by atoms with Gasteiger partial charge < -0.3 is 15.0 Å². The highest BCUT2D eigenvalue weighted by atomic mass is 16.5. The molecule has 1 amide bonds. The first kappa shape index (κ1) is 14.0. The second-order valence-electron chi connectivity index (χ2n) is 5.12. The third-order valence-corrected chi connectivity index (χ3v) is 3.50. The minimum absolute atomic E-state index is 0.0504. The Morgan fingerprint density at radius 3 is 2.95 bits per heavy atom. The number of ether oxygens (including phenoxy) is 1. The van der Waals surface area contributed by atoms with E-state index in [0.29, 0.717) is 6.54 Å². The molecule has 0 bridgehead atoms. The van der Waals surface area contributed by atoms with E-state index in [0.717, 1.165) is 24.2 Å². The summed E-state index contributed by atoms with van der Waals surface area (Å²) >= 11 is 0. The Morgan fingerprint density at radius 1 is 1.42 bits per heavy atom. The summed E-state index contributed by atoms with van der Waals surface area (Å²) in [5.41, 5.74) is 3.32. The van der Waals surface area contributed by atoms with Crippen LogP contribution in [0.4, 0.5) is 5.69 Å². The summed E-state index contributed by atoms with van der Waals surface area (Å²) < 4.78 is 5.58. The van der Waals surface area contributed by atoms with Crippen molar-refractivity contribution in [1.82, 2.24) is 5.32 Å². The molecular weight excluding hydrogens is 240 g/mol. The molecule has 1 N–H and O–H groups in total. The van der Waals surface area contributed by atoms with Crippen molar-refractivity contribution in [3.63, 3.8) is 0 Å². The van der Waals surface area contributed by atoms with Crippen LogP contribution in [0.5, 0.6) is 0 Å². The zero-order valence-electron chi connectivity index (χ0n) is 11.9. The number of amides is 1. The lowest BCUT2D eigenvalue weighted by molar-refractivity contribution is -0.129. The Labute approximate surface area is 114 Å². The molecule has 4 nitrogen and oxygen atoms in total. The van der Waals surface area contributed by atoms with Crippen LogP contribution in [0.25, 0.3) is 0 Å². The molecule has 2 rings (SSSR count). The van der Waals surface area contributed by atoms with Crippen LogP contribution >= 0.6 is 0 Å². The van der Waals surface area contributed by atoms with Gasteiger partial charge in [-0.1, -0.05) is 12.1 Å². The molecule has 19 heavy (non-hydrogen) atoms. The first-order chi connectivity index (χ1) is 9.11. The van der Waals surface area contributed by atoms with Crippen LogP contribution < -0.4 is 10.2 Å². The first-order valence-electron chi connectivity index (χ1n) is 6.75. The quantitative estimate of drug-likeness (QED) is 0.897. The monoisotopic (exact) mass is 262 g/mol. The number of morpholine rings is 1. The average molecular weight is 262 g/mol. The highest BCUT2D eigenvalue weighted by molar-refractivity contribution is 5.95. The number of hydrogen-bond donors (Lipinski definition) is 1. The molecule has 0 spiro atoms. The van der Waals surface area contributed by atoms with E-state index in [4.69, 9.17) is 4.74 Å². The molecule has 1 fully saturated rings. The minimum Gasteiger partial charge on any atom is -0.366 e. The highest BCUT2D eigenvalue weighted by Gasteiger charge is 2.27. The maximum atomic E-state index is 12.1. The van der Waals surface area contributed by atoms with Gasteiger partial charge in [-0.15, -0.1) is 0 Å². The van der Waals surface area contributed by atoms with Gasteiger partial charge in [-0.05, 0) is 51.1 Å². The first-order valence-corrected chi connectivity index (χ1v) is 6.75. The van der Waals surface area contributed by atoms with Gasteiger partial charge in [0.2, 0.25) is 0 Å². The molecule has 104 valence electrons. The number of benzene rings is 1. The summed E-state index contributed by atoms with van der Waals surface area (Å²) in [6.07, 6.45) is 1.04. The zero-order valence-corrected chi connectivity index (χ0v) is 11.9. The van der Waals surface area contributed by atoms with E-state index in [2.05, 4.69) is 23.5 Å². The van der Waals surface area contributed by atoms with Crippen molar-refractivity contribution >= 4 is 11.6 Å². The SMILES string of the molecule is CNCCC1CN(c2cc(C)ccc2C)C(=O)CO1. The van der Waals surface area contributed by atoms with Gasteiger partial charge in [0.25, 0.3) is 5.91 Å². The van der Waals surface area contributed by atoms with Gasteiger partial charge in [0.15, 0.2) is 0 Å². The smallest absolute Gasteiger partial charge is 0.253 e. The fourth-order valence-electron chi connectivity index (χ4n) is 2.35. The number of nitrogens with zero attached hydrogens (tertiary/aromatic N) is 1. The van der Waals surface area contributed by atoms with E-state index >= 15 is 0 Å². The van der Waals surface area contributed by atoms with Crippen molar-refractivity contribution in [2.45, 2.75) is 26.4 Å². The van der Waals surface area contributed by atoms with Gasteiger partial charge >= 0.3 is 0 Å². The molecule has 1 atom stereocenters. The molecule has 1 aromatic carbocycles. The third kappa shape index (κ3) is 3.33. The standard InChI is InChI=1S/C15H22N2O2/c1-11-4-5-12(2)14(8-11)17-9-13(6-7-16-3)19-10-15(17)18/h4-5,8,13,16H,6-7,9-10H2,1-3H3. The Hall–Kier alpha value is -1.39. The van der Waals surface area contributed by atoms with Crippen LogP contribution in [0.15, 0.2) is 18.2 Å². The number of aryl methyl sites for hydroxylation is 2. The molecule has 4 heteroatoms. The number of nitrogens with one attached hydrogen (secondary N) is 1. The van der Waals surface area contributed by atoms with Gasteiger partial charge in [-0.3, -0.25) is 4.79 Å². The van der Waals surface area contributed by atoms with Crippen LogP contribution in [-0.2, 0) is 9.53 Å². The van der Waals surface area contributed by atoms with E-state index in [1.165, 1.54) is 5.56 Å². The lowest BCUT2D eigenvalue weighted by Crippen LogP contribution is -2.47. The van der Waals surface area contributed by atoms with Crippen molar-refractivity contribution in [2.24, 2.45) is 0 Å². The fourth-order valence-corrected chi connectivity index (χ4v) is 2.35. The minimum atomic E-state index is 0.0504. The number of anilines is 1. The summed E-state index contributed by atoms with van der Waals surface area (Å²) in [7, 11) is 1.93. The van der Waals surface area contributed by atoms with Crippen molar-refractivity contribution in [3.05, 3.63) is 29.3 Å². The summed E-state index contributed by atoms with van der Waals surface area (Å²) in [6.45, 7) is 5.82. The predicted molar refractivity (Wildman–Crippen MR) is 76.6 cm³/mol. The maximum absolute atomic E-state index is 12.1. The molecule has 1 heterocycles. The molecule has 0 saturated carbocycles. The number of rotatable bonds is 4. The topological polar surface area (TPSA) is 41.6 Å². The van der Waals surface area contributed by atoms with E-state index in [9.17, 15) is 4.79 Å². The molecule has 0 radical (unpaired) electrons. The molecular formula is C15H22N2O2. The number of carbonyl (C=O) groups excluding carboxylic acids is 1. The molecule has 1 aromatic rings. The van der Waals surface area contributed by atoms with Crippen LogP contribution in [0.1, 0.15) is 17.5 Å². The molecule has 1 saturated heterocycles. The third-order valence-electron chi connectivity index (χ3n) is 3.50. The van der Waals surface area contributed by atoms with Crippen LogP contribution in [0.3, 0.4) is 0 Å². The molecule has 1 aliphatic heterocycles. The lowest BCUT2D eigenvalue weighted by Gasteiger charge is -2.33. The molecule has 1 aliphatic rings. The van der Waals surface area contributed by atoms with E-state index in [-0.39, 0.29) is 18.6 Å². The largest absolute Gasteiger partial charge is 0.366 e. The van der Waals surface area contributed by atoms with Gasteiger partial charge in [0.1, 0.15) is 6.61 Å². The summed E-state index contributed by atoms with van der Waals surface area (Å²) in [6, 6.07) is 6.21. The summed E-state index contributed by atoms with van der Waals surface area (Å²) in [4.78, 5) is 13.9. The predicted octanol–water partition coefficient (Wildman–Crippen LogP) is 1.64. The van der Waals surface area contributed by atoms with Gasteiger partial charge in [0, 0.05) is 5.69 Å². The van der Waals surface area contributed by atoms with E-state index < -0.39 is 0 Å². The summed E-state index contributed by atoms with van der Waals surface area (Å²) in [5.74, 6) is 0.0504. The van der Waals surface area contributed by atoms with Crippen LogP contribution in [0, 0.1) is 13.8 Å². The Kier molecular flexibility index (Phi) is 4.56. The van der Waals surface area contributed by atoms with Crippen LogP contribution in [0.2, 0.25) is 0 Å². The maximum Gasteiger partial charge on any atom is 0.253 e. The van der Waals surface area contributed by atoms with Gasteiger partial charge in [0.05, 0.1) is 12.6 Å². The highest BCUT2D eigenvalue weighted by Crippen LogP contribution is 2.24. The molecule has 1 unspecified atom stereocenters. The van der Waals surface area contributed by atoms with Crippen molar-refractivity contribution in [3.8, 4) is 0 Å². The Balaban J connectivity index is 2.16. The number of hydrogen-bond acceptors (Lipinski definition) is 3. The number of carbonyl (C=O) groups is 1. The van der Waals surface area contributed by atoms with Gasteiger partial charge in [-0.25, -0.2) is 0 Å². The van der Waals surface area contributed by atoms with Crippen LogP contribution in [-0.4, -0.2) is 38.8 Å². The van der Waals surface area contributed by atoms with Gasteiger partial charge in [-0.2, -0.15) is 0 Å². The lowest BCUT2D eigenvalue weighted by atomic mass is 10.1. The Bertz CT molecular complexity index is 459. The second-order valence-corrected chi connectivity index (χ2v) is 5.12.